The molecule has 0 saturated heterocycles. The molecule has 2 rings (SSSR count). The van der Waals surface area contributed by atoms with E-state index in [1.165, 1.54) is 0 Å². The van der Waals surface area contributed by atoms with E-state index in [1.54, 1.807) is 0 Å². The first-order valence-electron chi connectivity index (χ1n) is 6.76. The van der Waals surface area contributed by atoms with Crippen molar-refractivity contribution >= 4 is 11.8 Å². The van der Waals surface area contributed by atoms with Gasteiger partial charge in [0.2, 0.25) is 5.95 Å². The summed E-state index contributed by atoms with van der Waals surface area (Å²) in [4.78, 5) is 11.5. The Kier molecular flexibility index (Phi) is 4.36. The third-order valence-electron chi connectivity index (χ3n) is 3.20. The van der Waals surface area contributed by atoms with Crippen LogP contribution in [0.25, 0.3) is 0 Å². The minimum absolute atomic E-state index is 0.621. The van der Waals surface area contributed by atoms with Crippen molar-refractivity contribution in [2.75, 3.05) is 36.5 Å². The average Bonchev–Trinajstić information content (AvgIpc) is 2.40. The Hall–Kier alpha value is -1.36. The zero-order valence-corrected chi connectivity index (χ0v) is 11.5. The van der Waals surface area contributed by atoms with Crippen molar-refractivity contribution in [2.45, 2.75) is 33.8 Å². The van der Waals surface area contributed by atoms with Gasteiger partial charge in [-0.25, -0.2) is 4.98 Å². The molecule has 0 fully saturated rings. The van der Waals surface area contributed by atoms with Crippen LogP contribution in [0.4, 0.5) is 11.8 Å². The van der Waals surface area contributed by atoms with Gasteiger partial charge in [-0.2, -0.15) is 4.98 Å². The van der Waals surface area contributed by atoms with Gasteiger partial charge < -0.3 is 15.0 Å². The highest BCUT2D eigenvalue weighted by Gasteiger charge is 2.19. The Morgan fingerprint density at radius 3 is 2.67 bits per heavy atom. The van der Waals surface area contributed by atoms with E-state index in [4.69, 9.17) is 9.72 Å². The Labute approximate surface area is 109 Å². The van der Waals surface area contributed by atoms with Gasteiger partial charge in [-0.15, -0.1) is 0 Å². The standard InChI is InChI=1S/C13H22N4O/c1-4-14-12-10-9-18-8-7-11(10)15-13(16-12)17(5-2)6-3/h4-9H2,1-3H3,(H,14,15,16). The molecule has 0 amide bonds. The van der Waals surface area contributed by atoms with Crippen molar-refractivity contribution in [3.63, 3.8) is 0 Å². The molecule has 0 bridgehead atoms. The van der Waals surface area contributed by atoms with Crippen molar-refractivity contribution in [3.05, 3.63) is 11.3 Å². The van der Waals surface area contributed by atoms with Crippen LogP contribution >= 0.6 is 0 Å². The van der Waals surface area contributed by atoms with Crippen molar-refractivity contribution in [1.82, 2.24) is 9.97 Å². The van der Waals surface area contributed by atoms with Gasteiger partial charge >= 0.3 is 0 Å². The topological polar surface area (TPSA) is 50.3 Å². The molecule has 0 atom stereocenters. The number of aromatic nitrogens is 2. The summed E-state index contributed by atoms with van der Waals surface area (Å²) in [6.07, 6.45) is 0.879. The average molecular weight is 250 g/mol. The number of hydrogen-bond donors (Lipinski definition) is 1. The Morgan fingerprint density at radius 2 is 2.00 bits per heavy atom. The molecule has 5 nitrogen and oxygen atoms in total. The second kappa shape index (κ2) is 6.00. The molecule has 5 heteroatoms. The third kappa shape index (κ3) is 2.56. The molecule has 0 saturated carbocycles. The summed E-state index contributed by atoms with van der Waals surface area (Å²) in [5.74, 6) is 1.76. The number of rotatable bonds is 5. The maximum atomic E-state index is 5.50. The molecular weight excluding hydrogens is 228 g/mol. The molecule has 1 aromatic rings. The summed E-state index contributed by atoms with van der Waals surface area (Å²) in [6.45, 7) is 10.4. The Balaban J connectivity index is 2.40. The molecule has 18 heavy (non-hydrogen) atoms. The molecule has 1 aromatic heterocycles. The smallest absolute Gasteiger partial charge is 0.227 e. The van der Waals surface area contributed by atoms with Crippen LogP contribution in [-0.4, -0.2) is 36.2 Å². The van der Waals surface area contributed by atoms with Crippen LogP contribution in [0.1, 0.15) is 32.0 Å². The van der Waals surface area contributed by atoms with E-state index in [-0.39, 0.29) is 0 Å². The van der Waals surface area contributed by atoms with Crippen LogP contribution in [-0.2, 0) is 17.8 Å². The first-order valence-corrected chi connectivity index (χ1v) is 6.76. The zero-order valence-electron chi connectivity index (χ0n) is 11.5. The molecule has 0 aliphatic carbocycles. The molecule has 2 heterocycles. The molecular formula is C13H22N4O. The van der Waals surface area contributed by atoms with Gasteiger partial charge in [0.1, 0.15) is 5.82 Å². The number of anilines is 2. The largest absolute Gasteiger partial charge is 0.376 e. The monoisotopic (exact) mass is 250 g/mol. The van der Waals surface area contributed by atoms with Gasteiger partial charge in [0.15, 0.2) is 0 Å². The first-order chi connectivity index (χ1) is 8.80. The summed E-state index contributed by atoms with van der Waals surface area (Å²) >= 11 is 0. The van der Waals surface area contributed by atoms with Crippen LogP contribution < -0.4 is 10.2 Å². The van der Waals surface area contributed by atoms with Crippen LogP contribution in [0.5, 0.6) is 0 Å². The number of ether oxygens (including phenoxy) is 1. The van der Waals surface area contributed by atoms with Gasteiger partial charge in [0, 0.05) is 31.6 Å². The Bertz CT molecular complexity index is 404. The van der Waals surface area contributed by atoms with Crippen LogP contribution in [0.2, 0.25) is 0 Å². The fourth-order valence-corrected chi connectivity index (χ4v) is 2.18. The van der Waals surface area contributed by atoms with Gasteiger partial charge in [0.05, 0.1) is 18.9 Å². The SMILES string of the molecule is CCNc1nc(N(CC)CC)nc2c1COCC2. The fraction of sp³-hybridized carbons (Fsp3) is 0.692. The molecule has 0 radical (unpaired) electrons. The van der Waals surface area contributed by atoms with Crippen LogP contribution in [0.15, 0.2) is 0 Å². The van der Waals surface area contributed by atoms with Gasteiger partial charge in [-0.1, -0.05) is 0 Å². The summed E-state index contributed by atoms with van der Waals surface area (Å²) in [7, 11) is 0. The van der Waals surface area contributed by atoms with Crippen LogP contribution in [0, 0.1) is 0 Å². The summed E-state index contributed by atoms with van der Waals surface area (Å²) in [5, 5.41) is 3.32. The fourth-order valence-electron chi connectivity index (χ4n) is 2.18. The van der Waals surface area contributed by atoms with E-state index in [2.05, 4.69) is 36.0 Å². The highest BCUT2D eigenvalue weighted by Crippen LogP contribution is 2.24. The predicted octanol–water partition coefficient (Wildman–Crippen LogP) is 1.83. The lowest BCUT2D eigenvalue weighted by Crippen LogP contribution is -2.27. The summed E-state index contributed by atoms with van der Waals surface area (Å²) < 4.78 is 5.50. The maximum Gasteiger partial charge on any atom is 0.227 e. The van der Waals surface area contributed by atoms with Crippen molar-refractivity contribution in [1.29, 1.82) is 0 Å². The van der Waals surface area contributed by atoms with E-state index in [0.29, 0.717) is 6.61 Å². The second-order valence-electron chi connectivity index (χ2n) is 4.30. The van der Waals surface area contributed by atoms with E-state index in [0.717, 1.165) is 55.7 Å². The lowest BCUT2D eigenvalue weighted by molar-refractivity contribution is 0.109. The highest BCUT2D eigenvalue weighted by molar-refractivity contribution is 5.51. The molecule has 0 spiro atoms. The van der Waals surface area contributed by atoms with E-state index in [9.17, 15) is 0 Å². The molecule has 100 valence electrons. The molecule has 0 unspecified atom stereocenters. The number of nitrogens with zero attached hydrogens (tertiary/aromatic N) is 3. The molecule has 1 aliphatic heterocycles. The Morgan fingerprint density at radius 1 is 1.22 bits per heavy atom. The van der Waals surface area contributed by atoms with E-state index in [1.807, 2.05) is 0 Å². The highest BCUT2D eigenvalue weighted by atomic mass is 16.5. The third-order valence-corrected chi connectivity index (χ3v) is 3.20. The number of fused-ring (bicyclic) bond motifs is 1. The van der Waals surface area contributed by atoms with E-state index >= 15 is 0 Å². The maximum absolute atomic E-state index is 5.50. The van der Waals surface area contributed by atoms with E-state index < -0.39 is 0 Å². The summed E-state index contributed by atoms with van der Waals surface area (Å²) in [5.41, 5.74) is 2.26. The van der Waals surface area contributed by atoms with Crippen LogP contribution in [0.3, 0.4) is 0 Å². The van der Waals surface area contributed by atoms with Gasteiger partial charge in [-0.3, -0.25) is 0 Å². The zero-order chi connectivity index (χ0) is 13.0. The predicted molar refractivity (Wildman–Crippen MR) is 73.1 cm³/mol. The quantitative estimate of drug-likeness (QED) is 0.864. The minimum Gasteiger partial charge on any atom is -0.376 e. The van der Waals surface area contributed by atoms with Crippen molar-refractivity contribution in [3.8, 4) is 0 Å². The van der Waals surface area contributed by atoms with Gasteiger partial charge in [-0.05, 0) is 20.8 Å². The van der Waals surface area contributed by atoms with Crippen molar-refractivity contribution in [2.24, 2.45) is 0 Å². The number of nitrogens with one attached hydrogen (secondary N) is 1. The molecule has 0 aromatic carbocycles. The molecule has 1 N–H and O–H groups in total. The van der Waals surface area contributed by atoms with Crippen molar-refractivity contribution < 1.29 is 4.74 Å². The lowest BCUT2D eigenvalue weighted by Gasteiger charge is -2.24. The molecule has 1 aliphatic rings. The summed E-state index contributed by atoms with van der Waals surface area (Å²) in [6, 6.07) is 0. The minimum atomic E-state index is 0.621. The number of hydrogen-bond acceptors (Lipinski definition) is 5. The lowest BCUT2D eigenvalue weighted by atomic mass is 10.1. The normalized spacial score (nSPS) is 14.2. The van der Waals surface area contributed by atoms with Gasteiger partial charge in [0.25, 0.3) is 0 Å². The second-order valence-corrected chi connectivity index (χ2v) is 4.30. The first kappa shape index (κ1) is 13.1.